The van der Waals surface area contributed by atoms with Crippen LogP contribution in [0.2, 0.25) is 0 Å². The smallest absolute Gasteiger partial charge is 0.308 e. The standard InChI is InChI=1S/C14H25NO3/c1-10-4-5-11(13(16)17)12(8-10)15-6-7-18-9-14(15,2)3/h10-12H,4-9H2,1-3H3,(H,16,17). The molecule has 2 aliphatic rings. The van der Waals surface area contributed by atoms with Crippen molar-refractivity contribution in [3.8, 4) is 0 Å². The van der Waals surface area contributed by atoms with E-state index in [0.717, 1.165) is 32.4 Å². The van der Waals surface area contributed by atoms with Crippen LogP contribution in [-0.4, -0.2) is 47.3 Å². The summed E-state index contributed by atoms with van der Waals surface area (Å²) in [4.78, 5) is 13.8. The summed E-state index contributed by atoms with van der Waals surface area (Å²) in [5, 5.41) is 9.44. The molecule has 0 bridgehead atoms. The molecule has 0 aromatic carbocycles. The van der Waals surface area contributed by atoms with Gasteiger partial charge in [0.2, 0.25) is 0 Å². The number of carbonyl (C=O) groups is 1. The summed E-state index contributed by atoms with van der Waals surface area (Å²) in [6.45, 7) is 8.83. The lowest BCUT2D eigenvalue weighted by Crippen LogP contribution is -2.60. The Morgan fingerprint density at radius 3 is 2.72 bits per heavy atom. The lowest BCUT2D eigenvalue weighted by atomic mass is 9.76. The average Bonchev–Trinajstić information content (AvgIpc) is 2.27. The quantitative estimate of drug-likeness (QED) is 0.820. The molecule has 1 aliphatic heterocycles. The van der Waals surface area contributed by atoms with E-state index in [-0.39, 0.29) is 17.5 Å². The number of aliphatic carboxylic acids is 1. The monoisotopic (exact) mass is 255 g/mol. The number of rotatable bonds is 2. The van der Waals surface area contributed by atoms with E-state index in [4.69, 9.17) is 4.74 Å². The van der Waals surface area contributed by atoms with Crippen molar-refractivity contribution in [2.75, 3.05) is 19.8 Å². The normalized spacial score (nSPS) is 37.4. The zero-order valence-corrected chi connectivity index (χ0v) is 11.7. The molecule has 4 heteroatoms. The highest BCUT2D eigenvalue weighted by Crippen LogP contribution is 2.36. The molecule has 0 spiro atoms. The van der Waals surface area contributed by atoms with Gasteiger partial charge in [0.15, 0.2) is 0 Å². The molecule has 104 valence electrons. The summed E-state index contributed by atoms with van der Waals surface area (Å²) in [7, 11) is 0. The molecule has 3 atom stereocenters. The van der Waals surface area contributed by atoms with Gasteiger partial charge in [0, 0.05) is 18.1 Å². The second kappa shape index (κ2) is 5.17. The van der Waals surface area contributed by atoms with Gasteiger partial charge in [0.05, 0.1) is 19.1 Å². The van der Waals surface area contributed by atoms with Gasteiger partial charge < -0.3 is 9.84 Å². The Morgan fingerprint density at radius 2 is 2.11 bits per heavy atom. The highest BCUT2D eigenvalue weighted by Gasteiger charge is 2.43. The van der Waals surface area contributed by atoms with Crippen LogP contribution in [-0.2, 0) is 9.53 Å². The van der Waals surface area contributed by atoms with Crippen LogP contribution in [0.15, 0.2) is 0 Å². The molecule has 1 N–H and O–H groups in total. The fourth-order valence-corrected chi connectivity index (χ4v) is 3.47. The first-order valence-electron chi connectivity index (χ1n) is 6.99. The maximum absolute atomic E-state index is 11.5. The summed E-state index contributed by atoms with van der Waals surface area (Å²) in [5.41, 5.74) is -0.0479. The Morgan fingerprint density at radius 1 is 1.39 bits per heavy atom. The zero-order valence-electron chi connectivity index (χ0n) is 11.7. The first-order valence-corrected chi connectivity index (χ1v) is 6.99. The van der Waals surface area contributed by atoms with Gasteiger partial charge in [0.25, 0.3) is 0 Å². The van der Waals surface area contributed by atoms with Crippen LogP contribution < -0.4 is 0 Å². The average molecular weight is 255 g/mol. The van der Waals surface area contributed by atoms with Crippen LogP contribution in [0.5, 0.6) is 0 Å². The number of morpholine rings is 1. The van der Waals surface area contributed by atoms with Gasteiger partial charge in [-0.05, 0) is 39.0 Å². The van der Waals surface area contributed by atoms with E-state index in [0.29, 0.717) is 12.5 Å². The predicted molar refractivity (Wildman–Crippen MR) is 69.5 cm³/mol. The van der Waals surface area contributed by atoms with Crippen molar-refractivity contribution in [3.63, 3.8) is 0 Å². The fourth-order valence-electron chi connectivity index (χ4n) is 3.47. The number of carboxylic acid groups (broad SMARTS) is 1. The lowest BCUT2D eigenvalue weighted by molar-refractivity contribution is -0.151. The molecule has 3 unspecified atom stereocenters. The maximum atomic E-state index is 11.5. The van der Waals surface area contributed by atoms with Crippen molar-refractivity contribution < 1.29 is 14.6 Å². The van der Waals surface area contributed by atoms with Crippen LogP contribution in [0, 0.1) is 11.8 Å². The number of hydrogen-bond donors (Lipinski definition) is 1. The zero-order chi connectivity index (χ0) is 13.3. The SMILES string of the molecule is CC1CCC(C(=O)O)C(N2CCOCC2(C)C)C1. The highest BCUT2D eigenvalue weighted by atomic mass is 16.5. The van der Waals surface area contributed by atoms with Crippen molar-refractivity contribution >= 4 is 5.97 Å². The van der Waals surface area contributed by atoms with Crippen molar-refractivity contribution in [2.45, 2.75) is 51.6 Å². The van der Waals surface area contributed by atoms with Gasteiger partial charge in [-0.25, -0.2) is 0 Å². The molecule has 0 amide bonds. The van der Waals surface area contributed by atoms with Crippen LogP contribution in [0.1, 0.15) is 40.0 Å². The molecule has 2 rings (SSSR count). The summed E-state index contributed by atoms with van der Waals surface area (Å²) >= 11 is 0. The van der Waals surface area contributed by atoms with E-state index in [1.807, 2.05) is 0 Å². The Kier molecular flexibility index (Phi) is 3.97. The minimum atomic E-state index is -0.630. The number of carboxylic acids is 1. The number of hydrogen-bond acceptors (Lipinski definition) is 3. The number of ether oxygens (including phenoxy) is 1. The Labute approximate surface area is 109 Å². The molecule has 18 heavy (non-hydrogen) atoms. The van der Waals surface area contributed by atoms with Crippen LogP contribution in [0.3, 0.4) is 0 Å². The molecule has 0 radical (unpaired) electrons. The van der Waals surface area contributed by atoms with Crippen LogP contribution >= 0.6 is 0 Å². The van der Waals surface area contributed by atoms with Gasteiger partial charge in [-0.2, -0.15) is 0 Å². The second-order valence-corrected chi connectivity index (χ2v) is 6.49. The van der Waals surface area contributed by atoms with E-state index in [1.54, 1.807) is 0 Å². The van der Waals surface area contributed by atoms with Crippen molar-refractivity contribution in [1.29, 1.82) is 0 Å². The Bertz CT molecular complexity index is 316. The lowest BCUT2D eigenvalue weighted by Gasteiger charge is -2.50. The Balaban J connectivity index is 2.18. The van der Waals surface area contributed by atoms with Gasteiger partial charge in [-0.3, -0.25) is 9.69 Å². The summed E-state index contributed by atoms with van der Waals surface area (Å²) in [6.07, 6.45) is 2.85. The predicted octanol–water partition coefficient (Wildman–Crippen LogP) is 1.99. The Hall–Kier alpha value is -0.610. The van der Waals surface area contributed by atoms with E-state index in [1.165, 1.54) is 0 Å². The molecular formula is C14H25NO3. The van der Waals surface area contributed by atoms with Crippen molar-refractivity contribution in [2.24, 2.45) is 11.8 Å². The summed E-state index contributed by atoms with van der Waals surface area (Å²) < 4.78 is 5.54. The van der Waals surface area contributed by atoms with E-state index in [2.05, 4.69) is 25.7 Å². The first kappa shape index (κ1) is 13.8. The number of nitrogens with zero attached hydrogens (tertiary/aromatic N) is 1. The summed E-state index contributed by atoms with van der Waals surface area (Å²) in [6, 6.07) is 0.171. The minimum Gasteiger partial charge on any atom is -0.481 e. The molecule has 1 aliphatic carbocycles. The third-order valence-corrected chi connectivity index (χ3v) is 4.51. The van der Waals surface area contributed by atoms with Crippen LogP contribution in [0.4, 0.5) is 0 Å². The molecule has 1 heterocycles. The fraction of sp³-hybridized carbons (Fsp3) is 0.929. The van der Waals surface area contributed by atoms with Crippen molar-refractivity contribution in [3.05, 3.63) is 0 Å². The largest absolute Gasteiger partial charge is 0.481 e. The van der Waals surface area contributed by atoms with Gasteiger partial charge >= 0.3 is 5.97 Å². The topological polar surface area (TPSA) is 49.8 Å². The molecule has 1 saturated heterocycles. The molecule has 4 nitrogen and oxygen atoms in total. The van der Waals surface area contributed by atoms with Gasteiger partial charge in [0.1, 0.15) is 0 Å². The van der Waals surface area contributed by atoms with Gasteiger partial charge in [-0.15, -0.1) is 0 Å². The molecular weight excluding hydrogens is 230 g/mol. The molecule has 2 fully saturated rings. The maximum Gasteiger partial charge on any atom is 0.308 e. The van der Waals surface area contributed by atoms with E-state index in [9.17, 15) is 9.90 Å². The van der Waals surface area contributed by atoms with Gasteiger partial charge in [-0.1, -0.05) is 6.92 Å². The minimum absolute atomic E-state index is 0.0479. The van der Waals surface area contributed by atoms with E-state index < -0.39 is 5.97 Å². The van der Waals surface area contributed by atoms with Crippen molar-refractivity contribution in [1.82, 2.24) is 4.90 Å². The third-order valence-electron chi connectivity index (χ3n) is 4.51. The van der Waals surface area contributed by atoms with Crippen LogP contribution in [0.25, 0.3) is 0 Å². The molecule has 1 saturated carbocycles. The second-order valence-electron chi connectivity index (χ2n) is 6.49. The highest BCUT2D eigenvalue weighted by molar-refractivity contribution is 5.71. The summed E-state index contributed by atoms with van der Waals surface area (Å²) in [5.74, 6) is -0.211. The van der Waals surface area contributed by atoms with E-state index >= 15 is 0 Å². The molecule has 0 aromatic heterocycles. The first-order chi connectivity index (χ1) is 8.42. The third kappa shape index (κ3) is 2.69. The molecule has 0 aromatic rings.